The molecule has 0 aromatic heterocycles. The van der Waals surface area contributed by atoms with Gasteiger partial charge in [0.15, 0.2) is 0 Å². The third-order valence-electron chi connectivity index (χ3n) is 4.21. The second kappa shape index (κ2) is 3.71. The summed E-state index contributed by atoms with van der Waals surface area (Å²) >= 11 is 0. The summed E-state index contributed by atoms with van der Waals surface area (Å²) in [7, 11) is 0. The van der Waals surface area contributed by atoms with Crippen molar-refractivity contribution < 1.29 is 0 Å². The normalized spacial score (nSPS) is 12.5. The van der Waals surface area contributed by atoms with Crippen LogP contribution in [0, 0.1) is 13.8 Å². The molecule has 3 aromatic carbocycles. The molecule has 0 bridgehead atoms. The summed E-state index contributed by atoms with van der Waals surface area (Å²) in [6.07, 6.45) is 1.08. The molecule has 0 heteroatoms. The van der Waals surface area contributed by atoms with Crippen LogP contribution >= 0.6 is 0 Å². The third kappa shape index (κ3) is 1.53. The Morgan fingerprint density at radius 3 is 2.37 bits per heavy atom. The Morgan fingerprint density at radius 1 is 0.737 bits per heavy atom. The largest absolute Gasteiger partial charge is 0.0587 e. The summed E-state index contributed by atoms with van der Waals surface area (Å²) in [4.78, 5) is 0. The van der Waals surface area contributed by atoms with Gasteiger partial charge in [0.25, 0.3) is 0 Å². The van der Waals surface area contributed by atoms with Crippen LogP contribution < -0.4 is 0 Å². The van der Waals surface area contributed by atoms with Gasteiger partial charge < -0.3 is 0 Å². The Balaban J connectivity index is 2.03. The van der Waals surface area contributed by atoms with Crippen LogP contribution in [0.4, 0.5) is 0 Å². The summed E-state index contributed by atoms with van der Waals surface area (Å²) in [6, 6.07) is 18.1. The lowest BCUT2D eigenvalue weighted by atomic mass is 9.98. The van der Waals surface area contributed by atoms with Crippen LogP contribution in [0.15, 0.2) is 48.5 Å². The number of hydrogen-bond donors (Lipinski definition) is 0. The van der Waals surface area contributed by atoms with Crippen LogP contribution in [-0.4, -0.2) is 0 Å². The fourth-order valence-corrected chi connectivity index (χ4v) is 3.28. The SMILES string of the molecule is Cc1ccc2c(c1)Cc1c-2ccc2cc(C)ccc12. The van der Waals surface area contributed by atoms with Crippen molar-refractivity contribution >= 4 is 10.8 Å². The van der Waals surface area contributed by atoms with E-state index in [0.29, 0.717) is 0 Å². The molecule has 0 saturated carbocycles. The average molecular weight is 244 g/mol. The molecule has 0 radical (unpaired) electrons. The van der Waals surface area contributed by atoms with Crippen LogP contribution in [0.25, 0.3) is 21.9 Å². The average Bonchev–Trinajstić information content (AvgIpc) is 2.75. The molecule has 1 aliphatic rings. The maximum Gasteiger partial charge on any atom is -0.000719 e. The fraction of sp³-hybridized carbons (Fsp3) is 0.158. The summed E-state index contributed by atoms with van der Waals surface area (Å²) < 4.78 is 0. The standard InChI is InChI=1S/C19H16/c1-12-3-6-16-14(9-12)5-8-18-17-7-4-13(2)10-15(17)11-19(16)18/h3-10H,11H2,1-2H3. The smallest absolute Gasteiger partial charge is 0.000719 e. The van der Waals surface area contributed by atoms with Crippen molar-refractivity contribution in [1.29, 1.82) is 0 Å². The predicted molar refractivity (Wildman–Crippen MR) is 81.7 cm³/mol. The van der Waals surface area contributed by atoms with Crippen LogP contribution in [-0.2, 0) is 6.42 Å². The monoisotopic (exact) mass is 244 g/mol. The zero-order chi connectivity index (χ0) is 13.0. The highest BCUT2D eigenvalue weighted by atomic mass is 14.2. The van der Waals surface area contributed by atoms with Crippen LogP contribution in [0.3, 0.4) is 0 Å². The first kappa shape index (κ1) is 10.8. The number of benzene rings is 3. The van der Waals surface area contributed by atoms with Crippen molar-refractivity contribution in [1.82, 2.24) is 0 Å². The zero-order valence-corrected chi connectivity index (χ0v) is 11.3. The number of rotatable bonds is 0. The molecule has 0 saturated heterocycles. The minimum atomic E-state index is 1.08. The molecule has 0 amide bonds. The Hall–Kier alpha value is -2.08. The van der Waals surface area contributed by atoms with Crippen LogP contribution in [0.2, 0.25) is 0 Å². The molecule has 0 atom stereocenters. The van der Waals surface area contributed by atoms with E-state index in [0.717, 1.165) is 6.42 Å². The molecule has 19 heavy (non-hydrogen) atoms. The molecule has 4 rings (SSSR count). The van der Waals surface area contributed by atoms with E-state index in [1.807, 2.05) is 0 Å². The van der Waals surface area contributed by atoms with Gasteiger partial charge in [-0.25, -0.2) is 0 Å². The van der Waals surface area contributed by atoms with Gasteiger partial charge in [0.1, 0.15) is 0 Å². The lowest BCUT2D eigenvalue weighted by molar-refractivity contribution is 1.26. The van der Waals surface area contributed by atoms with Crippen molar-refractivity contribution in [2.45, 2.75) is 20.3 Å². The topological polar surface area (TPSA) is 0 Å². The van der Waals surface area contributed by atoms with E-state index >= 15 is 0 Å². The van der Waals surface area contributed by atoms with Gasteiger partial charge in [-0.2, -0.15) is 0 Å². The molecule has 0 fully saturated rings. The Bertz CT molecular complexity index is 810. The van der Waals surface area contributed by atoms with E-state index in [9.17, 15) is 0 Å². The number of aryl methyl sites for hydroxylation is 2. The molecule has 3 aromatic rings. The molecule has 0 unspecified atom stereocenters. The molecule has 1 aliphatic carbocycles. The molecular formula is C19H16. The fourth-order valence-electron chi connectivity index (χ4n) is 3.28. The summed E-state index contributed by atoms with van der Waals surface area (Å²) in [5, 5.41) is 2.78. The minimum absolute atomic E-state index is 1.08. The Kier molecular flexibility index (Phi) is 2.11. The van der Waals surface area contributed by atoms with Gasteiger partial charge in [-0.15, -0.1) is 0 Å². The molecule has 0 N–H and O–H groups in total. The minimum Gasteiger partial charge on any atom is -0.0587 e. The molecular weight excluding hydrogens is 228 g/mol. The van der Waals surface area contributed by atoms with E-state index < -0.39 is 0 Å². The van der Waals surface area contributed by atoms with Crippen molar-refractivity contribution in [3.63, 3.8) is 0 Å². The highest BCUT2D eigenvalue weighted by molar-refractivity contribution is 5.95. The Labute approximate surface area is 113 Å². The first-order chi connectivity index (χ1) is 9.22. The highest BCUT2D eigenvalue weighted by Gasteiger charge is 2.20. The highest BCUT2D eigenvalue weighted by Crippen LogP contribution is 2.40. The first-order valence-electron chi connectivity index (χ1n) is 6.84. The number of fused-ring (bicyclic) bond motifs is 5. The van der Waals surface area contributed by atoms with Gasteiger partial charge in [0.05, 0.1) is 0 Å². The second-order valence-corrected chi connectivity index (χ2v) is 5.65. The maximum absolute atomic E-state index is 2.33. The summed E-state index contributed by atoms with van der Waals surface area (Å²) in [5.41, 5.74) is 8.50. The van der Waals surface area contributed by atoms with Gasteiger partial charge in [-0.3, -0.25) is 0 Å². The van der Waals surface area contributed by atoms with Gasteiger partial charge in [-0.05, 0) is 53.3 Å². The lowest BCUT2D eigenvalue weighted by Crippen LogP contribution is -1.85. The van der Waals surface area contributed by atoms with Crippen molar-refractivity contribution in [3.05, 3.63) is 70.8 Å². The van der Waals surface area contributed by atoms with E-state index in [-0.39, 0.29) is 0 Å². The molecule has 0 spiro atoms. The zero-order valence-electron chi connectivity index (χ0n) is 11.3. The van der Waals surface area contributed by atoms with E-state index in [1.165, 1.54) is 44.2 Å². The van der Waals surface area contributed by atoms with Crippen LogP contribution in [0.5, 0.6) is 0 Å². The summed E-state index contributed by atoms with van der Waals surface area (Å²) in [5.74, 6) is 0. The molecule has 0 heterocycles. The van der Waals surface area contributed by atoms with Crippen molar-refractivity contribution in [3.8, 4) is 11.1 Å². The van der Waals surface area contributed by atoms with E-state index in [4.69, 9.17) is 0 Å². The van der Waals surface area contributed by atoms with Crippen molar-refractivity contribution in [2.75, 3.05) is 0 Å². The first-order valence-corrected chi connectivity index (χ1v) is 6.84. The van der Waals surface area contributed by atoms with Gasteiger partial charge >= 0.3 is 0 Å². The van der Waals surface area contributed by atoms with Gasteiger partial charge in [0.2, 0.25) is 0 Å². The Morgan fingerprint density at radius 2 is 1.47 bits per heavy atom. The van der Waals surface area contributed by atoms with Crippen LogP contribution in [0.1, 0.15) is 22.3 Å². The predicted octanol–water partition coefficient (Wildman–Crippen LogP) is 5.03. The summed E-state index contributed by atoms with van der Waals surface area (Å²) in [6.45, 7) is 4.33. The van der Waals surface area contributed by atoms with Gasteiger partial charge in [-0.1, -0.05) is 59.7 Å². The van der Waals surface area contributed by atoms with Crippen molar-refractivity contribution in [2.24, 2.45) is 0 Å². The second-order valence-electron chi connectivity index (χ2n) is 5.65. The third-order valence-corrected chi connectivity index (χ3v) is 4.21. The molecule has 0 nitrogen and oxygen atoms in total. The maximum atomic E-state index is 2.33. The van der Waals surface area contributed by atoms with Gasteiger partial charge in [0, 0.05) is 0 Å². The molecule has 0 aliphatic heterocycles. The molecule has 92 valence electrons. The van der Waals surface area contributed by atoms with E-state index in [2.05, 4.69) is 62.4 Å². The quantitative estimate of drug-likeness (QED) is 0.407. The van der Waals surface area contributed by atoms with E-state index in [1.54, 1.807) is 0 Å². The lowest BCUT2D eigenvalue weighted by Gasteiger charge is -2.06. The number of hydrogen-bond acceptors (Lipinski definition) is 0.